The van der Waals surface area contributed by atoms with Gasteiger partial charge in [0.15, 0.2) is 11.5 Å². The van der Waals surface area contributed by atoms with E-state index in [4.69, 9.17) is 30.5 Å². The summed E-state index contributed by atoms with van der Waals surface area (Å²) in [7, 11) is 2.78. The number of methoxy groups -OCH3 is 2. The van der Waals surface area contributed by atoms with E-state index in [-0.39, 0.29) is 22.9 Å². The van der Waals surface area contributed by atoms with Crippen molar-refractivity contribution in [3.63, 3.8) is 0 Å². The van der Waals surface area contributed by atoms with Gasteiger partial charge in [-0.1, -0.05) is 13.8 Å². The number of nitro groups is 2. The fourth-order valence-corrected chi connectivity index (χ4v) is 2.87. The van der Waals surface area contributed by atoms with Crippen LogP contribution in [0.3, 0.4) is 0 Å². The fourth-order valence-electron chi connectivity index (χ4n) is 2.79. The molecule has 0 saturated heterocycles. The highest BCUT2D eigenvalue weighted by Gasteiger charge is 2.16. The van der Waals surface area contributed by atoms with E-state index in [1.807, 2.05) is 0 Å². The molecular weight excluding hydrogens is 470 g/mol. The molecule has 0 amide bonds. The Morgan fingerprint density at radius 1 is 0.824 bits per heavy atom. The van der Waals surface area contributed by atoms with Crippen molar-refractivity contribution >= 4 is 23.0 Å². The van der Waals surface area contributed by atoms with Gasteiger partial charge in [0.05, 0.1) is 42.1 Å². The van der Waals surface area contributed by atoms with Gasteiger partial charge in [-0.05, 0) is 37.4 Å². The molecule has 0 N–H and O–H groups in total. The summed E-state index contributed by atoms with van der Waals surface area (Å²) in [6.07, 6.45) is 0. The van der Waals surface area contributed by atoms with Gasteiger partial charge in [-0.25, -0.2) is 0 Å². The predicted octanol–water partition coefficient (Wildman–Crippen LogP) is 4.55. The third kappa shape index (κ3) is 9.28. The average Bonchev–Trinajstić information content (AvgIpc) is 2.85. The van der Waals surface area contributed by atoms with E-state index >= 15 is 0 Å². The molecule has 0 spiro atoms. The predicted molar refractivity (Wildman–Crippen MR) is 129 cm³/mol. The second-order valence-electron chi connectivity index (χ2n) is 6.59. The monoisotopic (exact) mass is 499 g/mol. The summed E-state index contributed by atoms with van der Waals surface area (Å²) >= 11 is 5.43. The summed E-state index contributed by atoms with van der Waals surface area (Å²) in [4.78, 5) is 22.7. The van der Waals surface area contributed by atoms with Crippen LogP contribution in [0.5, 0.6) is 23.0 Å². The zero-order valence-electron chi connectivity index (χ0n) is 19.7. The lowest BCUT2D eigenvalue weighted by Crippen LogP contribution is -2.27. The molecule has 11 nitrogen and oxygen atoms in total. The van der Waals surface area contributed by atoms with Crippen molar-refractivity contribution < 1.29 is 28.8 Å². The van der Waals surface area contributed by atoms with Gasteiger partial charge in [-0.15, -0.1) is 11.6 Å². The van der Waals surface area contributed by atoms with Crippen LogP contribution in [0, 0.1) is 20.2 Å². The van der Waals surface area contributed by atoms with Crippen molar-refractivity contribution in [1.29, 1.82) is 0 Å². The highest BCUT2D eigenvalue weighted by molar-refractivity contribution is 6.18. The number of hydrogen-bond donors (Lipinski definition) is 0. The molecule has 0 saturated carbocycles. The number of ether oxygens (including phenoxy) is 4. The third-order valence-electron chi connectivity index (χ3n) is 4.61. The zero-order valence-corrected chi connectivity index (χ0v) is 20.4. The Bertz CT molecular complexity index is 925. The van der Waals surface area contributed by atoms with Crippen LogP contribution in [0.4, 0.5) is 11.4 Å². The Morgan fingerprint density at radius 2 is 1.26 bits per heavy atom. The number of nitro benzene ring substituents is 2. The van der Waals surface area contributed by atoms with Crippen LogP contribution >= 0.6 is 11.6 Å². The average molecular weight is 500 g/mol. The molecule has 188 valence electrons. The molecule has 0 heterocycles. The number of hydrogen-bond acceptors (Lipinski definition) is 9. The van der Waals surface area contributed by atoms with Crippen LogP contribution < -0.4 is 18.9 Å². The largest absolute Gasteiger partial charge is 0.492 e. The molecule has 0 aliphatic rings. The van der Waals surface area contributed by atoms with Crippen molar-refractivity contribution in [3.8, 4) is 23.0 Å². The van der Waals surface area contributed by atoms with Crippen molar-refractivity contribution in [2.75, 3.05) is 52.9 Å². The quantitative estimate of drug-likeness (QED) is 0.221. The van der Waals surface area contributed by atoms with Crippen molar-refractivity contribution in [2.45, 2.75) is 13.8 Å². The van der Waals surface area contributed by atoms with E-state index in [0.29, 0.717) is 30.6 Å². The number of nitrogens with zero attached hydrogens (tertiary/aromatic N) is 3. The van der Waals surface area contributed by atoms with E-state index in [1.54, 1.807) is 18.2 Å². The smallest absolute Gasteiger partial charge is 0.314 e. The maximum atomic E-state index is 10.9. The lowest BCUT2D eigenvalue weighted by atomic mass is 10.3. The third-order valence-corrected chi connectivity index (χ3v) is 4.76. The van der Waals surface area contributed by atoms with Gasteiger partial charge >= 0.3 is 11.4 Å². The summed E-state index contributed by atoms with van der Waals surface area (Å²) in [5.41, 5.74) is -0.201. The zero-order chi connectivity index (χ0) is 25.5. The van der Waals surface area contributed by atoms with Gasteiger partial charge < -0.3 is 23.8 Å². The van der Waals surface area contributed by atoms with Gasteiger partial charge in [0.1, 0.15) is 24.7 Å². The van der Waals surface area contributed by atoms with Gasteiger partial charge in [-0.2, -0.15) is 0 Å². The Kier molecular flexibility index (Phi) is 13.1. The van der Waals surface area contributed by atoms with E-state index in [0.717, 1.165) is 19.6 Å². The van der Waals surface area contributed by atoms with Crippen LogP contribution in [0.1, 0.15) is 13.8 Å². The normalized spacial score (nSPS) is 10.2. The molecule has 2 rings (SSSR count). The Balaban J connectivity index is 0.000000350. The number of benzene rings is 2. The highest BCUT2D eigenvalue weighted by Crippen LogP contribution is 2.31. The molecule has 34 heavy (non-hydrogen) atoms. The topological polar surface area (TPSA) is 126 Å². The standard InChI is InChI=1S/C13H20N2O4.C9H10ClNO4/c1-4-14(5-2)8-9-19-11-6-7-13(18-3)12(10-11)15(16)17;1-14-9-3-2-7(15-5-4-10)6-8(9)11(12)13/h6-7,10H,4-5,8-9H2,1-3H3;2-3,6H,4-5H2,1H3. The highest BCUT2D eigenvalue weighted by atomic mass is 35.5. The molecule has 2 aromatic carbocycles. The summed E-state index contributed by atoms with van der Waals surface area (Å²) in [6, 6.07) is 9.01. The maximum absolute atomic E-state index is 10.9. The molecule has 0 aromatic heterocycles. The van der Waals surface area contributed by atoms with E-state index in [2.05, 4.69) is 18.7 Å². The fraction of sp³-hybridized carbons (Fsp3) is 0.455. The van der Waals surface area contributed by atoms with Gasteiger partial charge in [0.2, 0.25) is 0 Å². The minimum atomic E-state index is -0.521. The molecular formula is C22H30ClN3O8. The van der Waals surface area contributed by atoms with Crippen LogP contribution in [0.15, 0.2) is 36.4 Å². The van der Waals surface area contributed by atoms with Crippen LogP contribution in [-0.4, -0.2) is 67.7 Å². The van der Waals surface area contributed by atoms with Crippen molar-refractivity contribution in [2.24, 2.45) is 0 Å². The van der Waals surface area contributed by atoms with Gasteiger partial charge in [-0.3, -0.25) is 20.2 Å². The van der Waals surface area contributed by atoms with Gasteiger partial charge in [0, 0.05) is 6.54 Å². The second-order valence-corrected chi connectivity index (χ2v) is 6.97. The van der Waals surface area contributed by atoms with Crippen molar-refractivity contribution in [3.05, 3.63) is 56.6 Å². The number of halogens is 1. The minimum absolute atomic E-state index is 0.0807. The van der Waals surface area contributed by atoms with Crippen LogP contribution in [0.2, 0.25) is 0 Å². The minimum Gasteiger partial charge on any atom is -0.492 e. The SMILES string of the molecule is CCN(CC)CCOc1ccc(OC)c([N+](=O)[O-])c1.COc1ccc(OCCCl)cc1[N+](=O)[O-]. The molecule has 0 bridgehead atoms. The Hall–Kier alpha value is -3.31. The maximum Gasteiger partial charge on any atom is 0.314 e. The first kappa shape index (κ1) is 28.7. The van der Waals surface area contributed by atoms with E-state index in [9.17, 15) is 20.2 Å². The van der Waals surface area contributed by atoms with Gasteiger partial charge in [0.25, 0.3) is 0 Å². The molecule has 0 fully saturated rings. The lowest BCUT2D eigenvalue weighted by molar-refractivity contribution is -0.386. The molecule has 0 aliphatic carbocycles. The molecule has 0 aliphatic heterocycles. The number of likely N-dealkylation sites (N-methyl/N-ethyl adjacent to an activating group) is 1. The first-order valence-corrected chi connectivity index (χ1v) is 11.0. The number of rotatable bonds is 13. The first-order valence-electron chi connectivity index (χ1n) is 10.5. The molecule has 12 heteroatoms. The molecule has 2 aromatic rings. The summed E-state index contributed by atoms with van der Waals surface area (Å²) in [6.45, 7) is 7.71. The summed E-state index contributed by atoms with van der Waals surface area (Å²) in [5, 5.41) is 21.5. The second kappa shape index (κ2) is 15.5. The summed E-state index contributed by atoms with van der Waals surface area (Å²) in [5.74, 6) is 1.67. The van der Waals surface area contributed by atoms with E-state index in [1.165, 1.54) is 32.4 Å². The molecule has 0 radical (unpaired) electrons. The molecule has 0 atom stereocenters. The van der Waals surface area contributed by atoms with Crippen LogP contribution in [0.25, 0.3) is 0 Å². The Morgan fingerprint density at radius 3 is 1.62 bits per heavy atom. The van der Waals surface area contributed by atoms with Crippen molar-refractivity contribution in [1.82, 2.24) is 4.90 Å². The first-order chi connectivity index (χ1) is 16.3. The molecule has 0 unspecified atom stereocenters. The van der Waals surface area contributed by atoms with Crippen LogP contribution in [-0.2, 0) is 0 Å². The summed E-state index contributed by atoms with van der Waals surface area (Å²) < 4.78 is 20.5. The Labute approximate surface area is 203 Å². The van der Waals surface area contributed by atoms with E-state index < -0.39 is 9.85 Å². The lowest BCUT2D eigenvalue weighted by Gasteiger charge is -2.18. The number of alkyl halides is 1.